The Kier molecular flexibility index (Phi) is 5.44. The molecule has 2 rings (SSSR count). The molecule has 5 heteroatoms. The van der Waals surface area contributed by atoms with Crippen molar-refractivity contribution in [2.24, 2.45) is 0 Å². The Morgan fingerprint density at radius 3 is 2.52 bits per heavy atom. The number of benzene rings is 2. The van der Waals surface area contributed by atoms with Crippen LogP contribution in [0.15, 0.2) is 36.4 Å². The van der Waals surface area contributed by atoms with Gasteiger partial charge in [-0.15, -0.1) is 11.6 Å². The maximum absolute atomic E-state index is 13.7. The van der Waals surface area contributed by atoms with Gasteiger partial charge in [0.25, 0.3) is 0 Å². The SMILES string of the molecule is Fc1cc(COc2ccc(C#CCCl)c(F)c2)ccc1Cl. The molecule has 0 spiro atoms. The average Bonchev–Trinajstić information content (AvgIpc) is 2.47. The summed E-state index contributed by atoms with van der Waals surface area (Å²) in [7, 11) is 0. The van der Waals surface area contributed by atoms with E-state index in [2.05, 4.69) is 11.8 Å². The first-order valence-electron chi connectivity index (χ1n) is 6.01. The predicted molar refractivity (Wildman–Crippen MR) is 79.7 cm³/mol. The Hall–Kier alpha value is -1.76. The first-order valence-corrected chi connectivity index (χ1v) is 6.92. The van der Waals surface area contributed by atoms with Crippen LogP contribution < -0.4 is 4.74 Å². The van der Waals surface area contributed by atoms with E-state index in [1.54, 1.807) is 12.1 Å². The Bertz CT molecular complexity index is 705. The Morgan fingerprint density at radius 1 is 1.05 bits per heavy atom. The molecule has 0 heterocycles. The smallest absolute Gasteiger partial charge is 0.142 e. The van der Waals surface area contributed by atoms with Crippen LogP contribution in [0.1, 0.15) is 11.1 Å². The molecule has 0 aliphatic rings. The van der Waals surface area contributed by atoms with E-state index >= 15 is 0 Å². The van der Waals surface area contributed by atoms with Gasteiger partial charge < -0.3 is 4.74 Å². The van der Waals surface area contributed by atoms with E-state index in [9.17, 15) is 8.78 Å². The van der Waals surface area contributed by atoms with Crippen molar-refractivity contribution in [3.8, 4) is 17.6 Å². The van der Waals surface area contributed by atoms with Crippen LogP contribution in [0.5, 0.6) is 5.75 Å². The fraction of sp³-hybridized carbons (Fsp3) is 0.125. The lowest BCUT2D eigenvalue weighted by molar-refractivity contribution is 0.304. The number of ether oxygens (including phenoxy) is 1. The van der Waals surface area contributed by atoms with Gasteiger partial charge in [0, 0.05) is 6.07 Å². The second-order valence-electron chi connectivity index (χ2n) is 4.11. The molecule has 0 saturated carbocycles. The van der Waals surface area contributed by atoms with Crippen molar-refractivity contribution < 1.29 is 13.5 Å². The summed E-state index contributed by atoms with van der Waals surface area (Å²) >= 11 is 11.0. The third kappa shape index (κ3) is 4.35. The number of alkyl halides is 1. The minimum absolute atomic E-state index is 0.0482. The van der Waals surface area contributed by atoms with Gasteiger partial charge >= 0.3 is 0 Å². The second-order valence-corrected chi connectivity index (χ2v) is 4.79. The van der Waals surface area contributed by atoms with Crippen molar-refractivity contribution >= 4 is 23.2 Å². The first-order chi connectivity index (χ1) is 10.1. The molecule has 0 unspecified atom stereocenters. The van der Waals surface area contributed by atoms with E-state index in [0.29, 0.717) is 11.3 Å². The lowest BCUT2D eigenvalue weighted by Crippen LogP contribution is -1.97. The molecule has 0 aliphatic carbocycles. The summed E-state index contributed by atoms with van der Waals surface area (Å²) in [6.45, 7) is 0.111. The largest absolute Gasteiger partial charge is 0.489 e. The topological polar surface area (TPSA) is 9.23 Å². The quantitative estimate of drug-likeness (QED) is 0.582. The lowest BCUT2D eigenvalue weighted by atomic mass is 10.2. The minimum atomic E-state index is -0.518. The average molecular weight is 327 g/mol. The third-order valence-electron chi connectivity index (χ3n) is 2.62. The molecule has 0 bridgehead atoms. The summed E-state index contributed by atoms with van der Waals surface area (Å²) in [6, 6.07) is 8.69. The Balaban J connectivity index is 2.06. The van der Waals surface area contributed by atoms with Gasteiger partial charge in [-0.25, -0.2) is 8.78 Å². The Labute approximate surface area is 131 Å². The van der Waals surface area contributed by atoms with Crippen LogP contribution in [0.4, 0.5) is 8.78 Å². The molecule has 108 valence electrons. The van der Waals surface area contributed by atoms with Gasteiger partial charge in [-0.1, -0.05) is 29.5 Å². The van der Waals surface area contributed by atoms with Crippen molar-refractivity contribution in [1.82, 2.24) is 0 Å². The Morgan fingerprint density at radius 2 is 1.86 bits per heavy atom. The van der Waals surface area contributed by atoms with Crippen LogP contribution in [-0.4, -0.2) is 5.88 Å². The first kappa shape index (κ1) is 15.6. The number of rotatable bonds is 3. The van der Waals surface area contributed by atoms with Gasteiger partial charge in [-0.2, -0.15) is 0 Å². The van der Waals surface area contributed by atoms with E-state index in [-0.39, 0.29) is 23.1 Å². The van der Waals surface area contributed by atoms with Crippen molar-refractivity contribution in [2.45, 2.75) is 6.61 Å². The van der Waals surface area contributed by atoms with Crippen molar-refractivity contribution in [2.75, 3.05) is 5.88 Å². The lowest BCUT2D eigenvalue weighted by Gasteiger charge is -2.07. The standard InChI is InChI=1S/C16H10Cl2F2O/c17-7-1-2-12-4-5-13(9-15(12)19)21-10-11-3-6-14(18)16(20)8-11/h3-6,8-9H,7,10H2. The molecule has 0 atom stereocenters. The summed E-state index contributed by atoms with van der Waals surface area (Å²) in [6.07, 6.45) is 0. The van der Waals surface area contributed by atoms with E-state index in [1.165, 1.54) is 24.3 Å². The van der Waals surface area contributed by atoms with Crippen molar-refractivity contribution in [1.29, 1.82) is 0 Å². The molecule has 1 nitrogen and oxygen atoms in total. The molecule has 0 N–H and O–H groups in total. The van der Waals surface area contributed by atoms with Gasteiger partial charge in [0.2, 0.25) is 0 Å². The molecule has 0 fully saturated rings. The summed E-state index contributed by atoms with van der Waals surface area (Å²) in [5, 5.41) is 0.0482. The van der Waals surface area contributed by atoms with E-state index in [0.717, 1.165) is 0 Å². The van der Waals surface area contributed by atoms with E-state index < -0.39 is 11.6 Å². The molecule has 0 amide bonds. The van der Waals surface area contributed by atoms with Gasteiger partial charge in [-0.3, -0.25) is 0 Å². The summed E-state index contributed by atoms with van der Waals surface area (Å²) in [5.41, 5.74) is 0.851. The highest BCUT2D eigenvalue weighted by Crippen LogP contribution is 2.19. The fourth-order valence-electron chi connectivity index (χ4n) is 1.61. The van der Waals surface area contributed by atoms with Gasteiger partial charge in [0.1, 0.15) is 24.0 Å². The van der Waals surface area contributed by atoms with E-state index in [4.69, 9.17) is 27.9 Å². The van der Waals surface area contributed by atoms with Crippen LogP contribution in [-0.2, 0) is 6.61 Å². The second kappa shape index (κ2) is 7.31. The minimum Gasteiger partial charge on any atom is -0.489 e. The monoisotopic (exact) mass is 326 g/mol. The van der Waals surface area contributed by atoms with Crippen LogP contribution in [0.25, 0.3) is 0 Å². The van der Waals surface area contributed by atoms with E-state index in [1.807, 2.05) is 0 Å². The highest BCUT2D eigenvalue weighted by atomic mass is 35.5. The molecule has 0 aromatic heterocycles. The highest BCUT2D eigenvalue weighted by Gasteiger charge is 2.04. The maximum atomic E-state index is 13.7. The van der Waals surface area contributed by atoms with Crippen molar-refractivity contribution in [3.05, 3.63) is 64.2 Å². The molecule has 0 saturated heterocycles. The highest BCUT2D eigenvalue weighted by molar-refractivity contribution is 6.30. The fourth-order valence-corrected chi connectivity index (χ4v) is 1.80. The van der Waals surface area contributed by atoms with Gasteiger partial charge in [0.05, 0.1) is 16.5 Å². The normalized spacial score (nSPS) is 9.90. The summed E-state index contributed by atoms with van der Waals surface area (Å²) < 4.78 is 32.4. The molecule has 2 aromatic carbocycles. The zero-order valence-electron chi connectivity index (χ0n) is 10.8. The van der Waals surface area contributed by atoms with Crippen LogP contribution in [0.3, 0.4) is 0 Å². The van der Waals surface area contributed by atoms with Crippen LogP contribution in [0.2, 0.25) is 5.02 Å². The van der Waals surface area contributed by atoms with Crippen molar-refractivity contribution in [3.63, 3.8) is 0 Å². The number of hydrogen-bond donors (Lipinski definition) is 0. The predicted octanol–water partition coefficient (Wildman–Crippen LogP) is 4.79. The molecule has 2 aromatic rings. The number of hydrogen-bond acceptors (Lipinski definition) is 1. The molecular weight excluding hydrogens is 317 g/mol. The zero-order chi connectivity index (χ0) is 15.2. The van der Waals surface area contributed by atoms with Crippen LogP contribution >= 0.6 is 23.2 Å². The molecule has 21 heavy (non-hydrogen) atoms. The van der Waals surface area contributed by atoms with Gasteiger partial charge in [0.15, 0.2) is 0 Å². The zero-order valence-corrected chi connectivity index (χ0v) is 12.3. The molecule has 0 aliphatic heterocycles. The van der Waals surface area contributed by atoms with Crippen LogP contribution in [0, 0.1) is 23.5 Å². The number of halogens is 4. The molecular formula is C16H10Cl2F2O. The maximum Gasteiger partial charge on any atom is 0.142 e. The molecule has 0 radical (unpaired) electrons. The summed E-state index contributed by atoms with van der Waals surface area (Å²) in [4.78, 5) is 0. The van der Waals surface area contributed by atoms with Gasteiger partial charge in [-0.05, 0) is 29.8 Å². The third-order valence-corrected chi connectivity index (χ3v) is 3.06. The summed E-state index contributed by atoms with van der Waals surface area (Å²) in [5.74, 6) is 4.64.